The highest BCUT2D eigenvalue weighted by molar-refractivity contribution is 9.10. The van der Waals surface area contributed by atoms with Gasteiger partial charge in [-0.15, -0.1) is 0 Å². The van der Waals surface area contributed by atoms with Crippen LogP contribution in [0.2, 0.25) is 0 Å². The summed E-state index contributed by atoms with van der Waals surface area (Å²) in [6.45, 7) is 0.487. The fourth-order valence-corrected chi connectivity index (χ4v) is 2.63. The summed E-state index contributed by atoms with van der Waals surface area (Å²) >= 11 is 3.34. The third-order valence-electron chi connectivity index (χ3n) is 3.00. The third kappa shape index (κ3) is 2.75. The van der Waals surface area contributed by atoms with E-state index in [1.807, 2.05) is 0 Å². The zero-order chi connectivity index (χ0) is 10.7. The second-order valence-electron chi connectivity index (χ2n) is 4.09. The van der Waals surface area contributed by atoms with Crippen molar-refractivity contribution in [3.63, 3.8) is 0 Å². The second kappa shape index (κ2) is 5.03. The smallest absolute Gasteiger partial charge is 0.197 e. The third-order valence-corrected chi connectivity index (χ3v) is 3.36. The lowest BCUT2D eigenvalue weighted by Gasteiger charge is -2.21. The molecule has 1 aliphatic rings. The molecule has 1 heterocycles. The van der Waals surface area contributed by atoms with Crippen LogP contribution >= 0.6 is 15.9 Å². The highest BCUT2D eigenvalue weighted by Gasteiger charge is 2.17. The zero-order valence-electron chi connectivity index (χ0n) is 8.75. The summed E-state index contributed by atoms with van der Waals surface area (Å²) in [6.07, 6.45) is 6.53. The van der Waals surface area contributed by atoms with E-state index in [1.165, 1.54) is 32.1 Å². The molecule has 1 fully saturated rings. The normalized spacial score (nSPS) is 18.0. The van der Waals surface area contributed by atoms with E-state index in [0.717, 1.165) is 11.4 Å². The van der Waals surface area contributed by atoms with Crippen LogP contribution < -0.4 is 5.73 Å². The van der Waals surface area contributed by atoms with Gasteiger partial charge < -0.3 is 5.73 Å². The quantitative estimate of drug-likeness (QED) is 0.841. The van der Waals surface area contributed by atoms with Gasteiger partial charge in [-0.05, 0) is 34.8 Å². The minimum absolute atomic E-state index is 0.487. The molecule has 15 heavy (non-hydrogen) atoms. The fourth-order valence-electron chi connectivity index (χ4n) is 2.20. The van der Waals surface area contributed by atoms with Crippen LogP contribution in [0.3, 0.4) is 0 Å². The number of nitrogens with zero attached hydrogens (tertiary/aromatic N) is 2. The molecule has 1 saturated carbocycles. The van der Waals surface area contributed by atoms with E-state index < -0.39 is 0 Å². The average Bonchev–Trinajstić information content (AvgIpc) is 2.29. The molecular formula is C11H16BrN3. The van der Waals surface area contributed by atoms with Gasteiger partial charge in [-0.1, -0.05) is 19.3 Å². The van der Waals surface area contributed by atoms with Crippen LogP contribution in [0.4, 0.5) is 0 Å². The van der Waals surface area contributed by atoms with Crippen LogP contribution in [0.15, 0.2) is 10.8 Å². The zero-order valence-corrected chi connectivity index (χ0v) is 10.3. The highest BCUT2D eigenvalue weighted by Crippen LogP contribution is 2.32. The maximum Gasteiger partial charge on any atom is 0.197 e. The molecule has 0 atom stereocenters. The number of hydrogen-bond donors (Lipinski definition) is 1. The lowest BCUT2D eigenvalue weighted by Crippen LogP contribution is -2.10. The van der Waals surface area contributed by atoms with Gasteiger partial charge in [0.25, 0.3) is 0 Å². The molecule has 2 rings (SSSR count). The second-order valence-corrected chi connectivity index (χ2v) is 4.80. The maximum absolute atomic E-state index is 5.61. The van der Waals surface area contributed by atoms with Gasteiger partial charge >= 0.3 is 0 Å². The van der Waals surface area contributed by atoms with Gasteiger partial charge in [-0.25, -0.2) is 9.97 Å². The number of aromatic nitrogens is 2. The van der Waals surface area contributed by atoms with E-state index >= 15 is 0 Å². The van der Waals surface area contributed by atoms with Gasteiger partial charge in [0.05, 0.1) is 5.69 Å². The number of rotatable bonds is 2. The molecule has 0 spiro atoms. The van der Waals surface area contributed by atoms with Gasteiger partial charge in [-0.3, -0.25) is 0 Å². The lowest BCUT2D eigenvalue weighted by atomic mass is 9.86. The van der Waals surface area contributed by atoms with Gasteiger partial charge in [-0.2, -0.15) is 0 Å². The molecule has 3 nitrogen and oxygen atoms in total. The van der Waals surface area contributed by atoms with E-state index in [-0.39, 0.29) is 0 Å². The summed E-state index contributed by atoms with van der Waals surface area (Å²) in [6, 6.07) is 2.06. The Balaban J connectivity index is 2.22. The Morgan fingerprint density at radius 1 is 1.27 bits per heavy atom. The average molecular weight is 270 g/mol. The molecule has 1 aromatic heterocycles. The van der Waals surface area contributed by atoms with Gasteiger partial charge in [0, 0.05) is 18.2 Å². The molecule has 2 N–H and O–H groups in total. The van der Waals surface area contributed by atoms with E-state index in [2.05, 4.69) is 32.0 Å². The Bertz CT molecular complexity index is 335. The SMILES string of the molecule is NCc1cc(C2CCCCC2)nc(Br)n1. The van der Waals surface area contributed by atoms with Crippen LogP contribution in [0.25, 0.3) is 0 Å². The van der Waals surface area contributed by atoms with E-state index in [1.54, 1.807) is 0 Å². The molecule has 0 aromatic carbocycles. The lowest BCUT2D eigenvalue weighted by molar-refractivity contribution is 0.435. The predicted octanol–water partition coefficient (Wildman–Crippen LogP) is 2.75. The number of nitrogens with two attached hydrogens (primary N) is 1. The first-order chi connectivity index (χ1) is 7.29. The highest BCUT2D eigenvalue weighted by atomic mass is 79.9. The first-order valence-electron chi connectivity index (χ1n) is 5.53. The van der Waals surface area contributed by atoms with Crippen molar-refractivity contribution in [3.8, 4) is 0 Å². The minimum Gasteiger partial charge on any atom is -0.325 e. The standard InChI is InChI=1S/C11H16BrN3/c12-11-14-9(7-13)6-10(15-11)8-4-2-1-3-5-8/h6,8H,1-5,7,13H2. The Kier molecular flexibility index (Phi) is 3.70. The van der Waals surface area contributed by atoms with Crippen molar-refractivity contribution in [2.75, 3.05) is 0 Å². The molecule has 0 aliphatic heterocycles. The monoisotopic (exact) mass is 269 g/mol. The first-order valence-corrected chi connectivity index (χ1v) is 6.32. The summed E-state index contributed by atoms with van der Waals surface area (Å²) in [5, 5.41) is 0. The molecule has 0 radical (unpaired) electrons. The Morgan fingerprint density at radius 3 is 2.67 bits per heavy atom. The van der Waals surface area contributed by atoms with Crippen LogP contribution in [0, 0.1) is 0 Å². The largest absolute Gasteiger partial charge is 0.325 e. The first kappa shape index (κ1) is 11.0. The van der Waals surface area contributed by atoms with Crippen LogP contribution in [-0.2, 0) is 6.54 Å². The minimum atomic E-state index is 0.487. The van der Waals surface area contributed by atoms with E-state index in [9.17, 15) is 0 Å². The van der Waals surface area contributed by atoms with Crippen molar-refractivity contribution >= 4 is 15.9 Å². The molecule has 82 valence electrons. The van der Waals surface area contributed by atoms with Crippen molar-refractivity contribution in [2.24, 2.45) is 5.73 Å². The van der Waals surface area contributed by atoms with Crippen molar-refractivity contribution in [3.05, 3.63) is 22.2 Å². The van der Waals surface area contributed by atoms with Crippen LogP contribution in [0.1, 0.15) is 49.4 Å². The van der Waals surface area contributed by atoms with Crippen molar-refractivity contribution in [2.45, 2.75) is 44.6 Å². The molecule has 1 aliphatic carbocycles. The Morgan fingerprint density at radius 2 is 2.00 bits per heavy atom. The van der Waals surface area contributed by atoms with E-state index in [0.29, 0.717) is 17.2 Å². The van der Waals surface area contributed by atoms with Crippen molar-refractivity contribution < 1.29 is 0 Å². The molecule has 0 unspecified atom stereocenters. The molecule has 0 saturated heterocycles. The molecular weight excluding hydrogens is 254 g/mol. The topological polar surface area (TPSA) is 51.8 Å². The van der Waals surface area contributed by atoms with Gasteiger partial charge in [0.1, 0.15) is 0 Å². The maximum atomic E-state index is 5.61. The van der Waals surface area contributed by atoms with Gasteiger partial charge in [0.15, 0.2) is 4.73 Å². The van der Waals surface area contributed by atoms with Gasteiger partial charge in [0.2, 0.25) is 0 Å². The molecule has 0 amide bonds. The van der Waals surface area contributed by atoms with Crippen molar-refractivity contribution in [1.29, 1.82) is 0 Å². The summed E-state index contributed by atoms with van der Waals surface area (Å²) in [4.78, 5) is 8.68. The molecule has 4 heteroatoms. The summed E-state index contributed by atoms with van der Waals surface area (Å²) in [5.74, 6) is 0.614. The molecule has 0 bridgehead atoms. The summed E-state index contributed by atoms with van der Waals surface area (Å²) < 4.78 is 0.672. The Labute approximate surface area is 98.6 Å². The van der Waals surface area contributed by atoms with Crippen LogP contribution in [-0.4, -0.2) is 9.97 Å². The van der Waals surface area contributed by atoms with Crippen LogP contribution in [0.5, 0.6) is 0 Å². The van der Waals surface area contributed by atoms with Crippen molar-refractivity contribution in [1.82, 2.24) is 9.97 Å². The summed E-state index contributed by atoms with van der Waals surface area (Å²) in [7, 11) is 0. The fraction of sp³-hybridized carbons (Fsp3) is 0.636. The number of halogens is 1. The number of hydrogen-bond acceptors (Lipinski definition) is 3. The van der Waals surface area contributed by atoms with E-state index in [4.69, 9.17) is 5.73 Å². The summed E-state index contributed by atoms with van der Waals surface area (Å²) in [5.41, 5.74) is 7.70. The predicted molar refractivity (Wildman–Crippen MR) is 63.4 cm³/mol. The Hall–Kier alpha value is -0.480. The molecule has 1 aromatic rings.